The number of nitrogens with zero attached hydrogens (tertiary/aromatic N) is 1. The standard InChI is InChI=1S/C30H26BrNO6/c1-17(2)37-22-10-7-19(8-11-22)27-26(28(33)25-15-20-14-21(31)9-12-24(20)38-25)29(34)30(35)32(27)16-18-5-4-6-23(13-18)36-3/h4-15,17,27,34H,16H2,1-3H3. The number of hydrogen-bond donors (Lipinski definition) is 1. The van der Waals surface area contributed by atoms with Gasteiger partial charge in [-0.3, -0.25) is 9.59 Å². The summed E-state index contributed by atoms with van der Waals surface area (Å²) in [5, 5.41) is 11.8. The summed E-state index contributed by atoms with van der Waals surface area (Å²) >= 11 is 3.43. The molecule has 1 atom stereocenters. The van der Waals surface area contributed by atoms with Crippen molar-refractivity contribution in [1.29, 1.82) is 0 Å². The largest absolute Gasteiger partial charge is 0.503 e. The van der Waals surface area contributed by atoms with E-state index in [9.17, 15) is 14.7 Å². The van der Waals surface area contributed by atoms with E-state index in [0.29, 0.717) is 22.6 Å². The lowest BCUT2D eigenvalue weighted by molar-refractivity contribution is -0.130. The summed E-state index contributed by atoms with van der Waals surface area (Å²) in [6.07, 6.45) is -0.00679. The Hall–Kier alpha value is -4.04. The van der Waals surface area contributed by atoms with Crippen LogP contribution in [-0.4, -0.2) is 34.9 Å². The van der Waals surface area contributed by atoms with Gasteiger partial charge in [0.05, 0.1) is 24.8 Å². The zero-order chi connectivity index (χ0) is 27.0. The molecule has 0 fully saturated rings. The van der Waals surface area contributed by atoms with Gasteiger partial charge in [-0.25, -0.2) is 0 Å². The van der Waals surface area contributed by atoms with Gasteiger partial charge in [-0.05, 0) is 73.5 Å². The summed E-state index contributed by atoms with van der Waals surface area (Å²) in [6.45, 7) is 4.02. The minimum atomic E-state index is -0.839. The van der Waals surface area contributed by atoms with E-state index in [2.05, 4.69) is 15.9 Å². The Morgan fingerprint density at radius 3 is 2.53 bits per heavy atom. The van der Waals surface area contributed by atoms with Gasteiger partial charge < -0.3 is 23.9 Å². The van der Waals surface area contributed by atoms with Gasteiger partial charge in [0, 0.05) is 16.4 Å². The molecule has 0 bridgehead atoms. The first kappa shape index (κ1) is 25.6. The molecule has 8 heteroatoms. The van der Waals surface area contributed by atoms with Crippen LogP contribution in [0.5, 0.6) is 11.5 Å². The van der Waals surface area contributed by atoms with Crippen LogP contribution in [0.2, 0.25) is 0 Å². The molecule has 0 spiro atoms. The Kier molecular flexibility index (Phi) is 6.99. The molecular weight excluding hydrogens is 550 g/mol. The van der Waals surface area contributed by atoms with Crippen LogP contribution in [0.15, 0.2) is 93.0 Å². The molecule has 1 aliphatic heterocycles. The molecule has 1 N–H and O–H groups in total. The molecule has 1 unspecified atom stereocenters. The molecule has 0 aliphatic carbocycles. The molecule has 1 aromatic heterocycles. The van der Waals surface area contributed by atoms with Crippen molar-refractivity contribution < 1.29 is 28.6 Å². The Bertz CT molecular complexity index is 1550. The highest BCUT2D eigenvalue weighted by molar-refractivity contribution is 9.10. The second-order valence-corrected chi connectivity index (χ2v) is 10.2. The van der Waals surface area contributed by atoms with Crippen LogP contribution >= 0.6 is 15.9 Å². The number of furan rings is 1. The SMILES string of the molecule is COc1cccc(CN2C(=O)C(O)=C(C(=O)c3cc4cc(Br)ccc4o3)C2c2ccc(OC(C)C)cc2)c1. The van der Waals surface area contributed by atoms with Crippen molar-refractivity contribution in [1.82, 2.24) is 4.90 Å². The number of hydrogen-bond acceptors (Lipinski definition) is 6. The molecule has 3 aromatic carbocycles. The predicted octanol–water partition coefficient (Wildman–Crippen LogP) is 6.77. The molecule has 194 valence electrons. The van der Waals surface area contributed by atoms with Gasteiger partial charge in [-0.15, -0.1) is 0 Å². The van der Waals surface area contributed by atoms with E-state index < -0.39 is 23.5 Å². The van der Waals surface area contributed by atoms with E-state index in [1.807, 2.05) is 50.2 Å². The molecule has 7 nitrogen and oxygen atoms in total. The summed E-state index contributed by atoms with van der Waals surface area (Å²) in [4.78, 5) is 28.7. The van der Waals surface area contributed by atoms with Crippen LogP contribution in [0.1, 0.15) is 41.6 Å². The topological polar surface area (TPSA) is 89.2 Å². The zero-order valence-corrected chi connectivity index (χ0v) is 22.7. The van der Waals surface area contributed by atoms with E-state index >= 15 is 0 Å². The van der Waals surface area contributed by atoms with Crippen molar-refractivity contribution >= 4 is 38.6 Å². The van der Waals surface area contributed by atoms with Crippen LogP contribution in [0, 0.1) is 0 Å². The number of ketones is 1. The number of aliphatic hydroxyl groups excluding tert-OH is 1. The maximum Gasteiger partial charge on any atom is 0.290 e. The average Bonchev–Trinajstić information content (AvgIpc) is 3.43. The molecule has 1 amide bonds. The second-order valence-electron chi connectivity index (χ2n) is 9.31. The number of amides is 1. The van der Waals surface area contributed by atoms with Crippen molar-refractivity contribution in [2.45, 2.75) is 32.5 Å². The summed E-state index contributed by atoms with van der Waals surface area (Å²) in [5.41, 5.74) is 1.94. The zero-order valence-electron chi connectivity index (χ0n) is 21.1. The third-order valence-corrected chi connectivity index (χ3v) is 6.80. The summed E-state index contributed by atoms with van der Waals surface area (Å²) in [5.74, 6) is -0.432. The molecule has 0 saturated carbocycles. The first-order valence-corrected chi connectivity index (χ1v) is 12.9. The number of rotatable bonds is 8. The van der Waals surface area contributed by atoms with Crippen LogP contribution < -0.4 is 9.47 Å². The number of fused-ring (bicyclic) bond motifs is 1. The van der Waals surface area contributed by atoms with E-state index in [1.54, 1.807) is 43.5 Å². The summed E-state index contributed by atoms with van der Waals surface area (Å²) in [7, 11) is 1.57. The van der Waals surface area contributed by atoms with E-state index in [0.717, 1.165) is 15.4 Å². The second kappa shape index (κ2) is 10.4. The fraction of sp³-hybridized carbons (Fsp3) is 0.200. The highest BCUT2D eigenvalue weighted by atomic mass is 79.9. The number of carbonyl (C=O) groups excluding carboxylic acids is 2. The molecule has 38 heavy (non-hydrogen) atoms. The monoisotopic (exact) mass is 575 g/mol. The van der Waals surface area contributed by atoms with Crippen LogP contribution in [0.3, 0.4) is 0 Å². The minimum Gasteiger partial charge on any atom is -0.503 e. The average molecular weight is 576 g/mol. The van der Waals surface area contributed by atoms with Gasteiger partial charge >= 0.3 is 0 Å². The Balaban J connectivity index is 1.57. The van der Waals surface area contributed by atoms with Crippen LogP contribution in [-0.2, 0) is 11.3 Å². The fourth-order valence-corrected chi connectivity index (χ4v) is 5.00. The lowest BCUT2D eigenvalue weighted by Gasteiger charge is -2.27. The molecule has 4 aromatic rings. The highest BCUT2D eigenvalue weighted by Gasteiger charge is 2.44. The molecule has 1 aliphatic rings. The molecule has 0 radical (unpaired) electrons. The Morgan fingerprint density at radius 2 is 1.82 bits per heavy atom. The van der Waals surface area contributed by atoms with Crippen LogP contribution in [0.25, 0.3) is 11.0 Å². The number of Topliss-reactive ketones (excluding diaryl/α,β-unsaturated/α-hetero) is 1. The lowest BCUT2D eigenvalue weighted by atomic mass is 9.94. The number of benzene rings is 3. The van der Waals surface area contributed by atoms with Gasteiger partial charge in [0.15, 0.2) is 11.5 Å². The van der Waals surface area contributed by atoms with E-state index in [4.69, 9.17) is 13.9 Å². The number of carbonyl (C=O) groups is 2. The first-order valence-electron chi connectivity index (χ1n) is 12.1. The Morgan fingerprint density at radius 1 is 1.05 bits per heavy atom. The van der Waals surface area contributed by atoms with Crippen molar-refractivity contribution in [2.24, 2.45) is 0 Å². The number of halogens is 1. The number of methoxy groups -OCH3 is 1. The maximum absolute atomic E-state index is 13.8. The molecule has 5 rings (SSSR count). The predicted molar refractivity (Wildman–Crippen MR) is 146 cm³/mol. The molecular formula is C30H26BrNO6. The van der Waals surface area contributed by atoms with Crippen molar-refractivity contribution in [3.8, 4) is 11.5 Å². The normalized spacial score (nSPS) is 15.6. The third kappa shape index (κ3) is 4.91. The van der Waals surface area contributed by atoms with Crippen molar-refractivity contribution in [3.05, 3.63) is 105 Å². The lowest BCUT2D eigenvalue weighted by Crippen LogP contribution is -2.30. The van der Waals surface area contributed by atoms with E-state index in [1.165, 1.54) is 4.90 Å². The van der Waals surface area contributed by atoms with Gasteiger partial charge in [0.2, 0.25) is 5.78 Å². The van der Waals surface area contributed by atoms with E-state index in [-0.39, 0.29) is 24.0 Å². The highest BCUT2D eigenvalue weighted by Crippen LogP contribution is 2.41. The summed E-state index contributed by atoms with van der Waals surface area (Å²) < 4.78 is 17.8. The van der Waals surface area contributed by atoms with Gasteiger partial charge in [0.25, 0.3) is 5.91 Å². The van der Waals surface area contributed by atoms with Crippen molar-refractivity contribution in [3.63, 3.8) is 0 Å². The number of aliphatic hydroxyl groups is 1. The van der Waals surface area contributed by atoms with Crippen molar-refractivity contribution in [2.75, 3.05) is 7.11 Å². The third-order valence-electron chi connectivity index (χ3n) is 6.31. The number of ether oxygens (including phenoxy) is 2. The molecule has 2 heterocycles. The Labute approximate surface area is 228 Å². The minimum absolute atomic E-state index is 0.00679. The fourth-order valence-electron chi connectivity index (χ4n) is 4.62. The first-order chi connectivity index (χ1) is 18.2. The van der Waals surface area contributed by atoms with Gasteiger partial charge in [-0.1, -0.05) is 40.2 Å². The van der Waals surface area contributed by atoms with Gasteiger partial charge in [-0.2, -0.15) is 0 Å². The van der Waals surface area contributed by atoms with Gasteiger partial charge in [0.1, 0.15) is 17.1 Å². The van der Waals surface area contributed by atoms with Crippen LogP contribution in [0.4, 0.5) is 0 Å². The maximum atomic E-state index is 13.8. The smallest absolute Gasteiger partial charge is 0.290 e. The molecule has 0 saturated heterocycles. The quantitative estimate of drug-likeness (QED) is 0.233. The summed E-state index contributed by atoms with van der Waals surface area (Å²) in [6, 6.07) is 20.7.